The summed E-state index contributed by atoms with van der Waals surface area (Å²) < 4.78 is 5.81. The van der Waals surface area contributed by atoms with Crippen LogP contribution in [0.4, 0.5) is 0 Å². The van der Waals surface area contributed by atoms with Gasteiger partial charge in [-0.15, -0.1) is 0 Å². The van der Waals surface area contributed by atoms with Gasteiger partial charge in [0.25, 0.3) is 0 Å². The van der Waals surface area contributed by atoms with Gasteiger partial charge in [-0.3, -0.25) is 9.59 Å². The summed E-state index contributed by atoms with van der Waals surface area (Å²) in [6, 6.07) is 0. The van der Waals surface area contributed by atoms with E-state index in [2.05, 4.69) is 6.92 Å². The topological polar surface area (TPSA) is 43.4 Å². The van der Waals surface area contributed by atoms with Gasteiger partial charge in [0.2, 0.25) is 0 Å². The smallest absolute Gasteiger partial charge is 0.160 e. The molecule has 1 unspecified atom stereocenters. The summed E-state index contributed by atoms with van der Waals surface area (Å²) in [6.07, 6.45) is 14.1. The van der Waals surface area contributed by atoms with E-state index in [4.69, 9.17) is 4.74 Å². The van der Waals surface area contributed by atoms with E-state index in [0.29, 0.717) is 29.5 Å². The summed E-state index contributed by atoms with van der Waals surface area (Å²) >= 11 is 0. The summed E-state index contributed by atoms with van der Waals surface area (Å²) in [6.45, 7) is 2.86. The molecule has 2 spiro atoms. The van der Waals surface area contributed by atoms with Crippen LogP contribution < -0.4 is 0 Å². The molecule has 4 aliphatic carbocycles. The summed E-state index contributed by atoms with van der Waals surface area (Å²) in [5.41, 5.74) is -1.12. The zero-order valence-corrected chi connectivity index (χ0v) is 15.9. The Balaban J connectivity index is 1.52. The first-order valence-electron chi connectivity index (χ1n) is 10.9. The Labute approximate surface area is 152 Å². The molecule has 0 heterocycles. The Morgan fingerprint density at radius 3 is 2.12 bits per heavy atom. The first-order valence-corrected chi connectivity index (χ1v) is 10.9. The van der Waals surface area contributed by atoms with Crippen molar-refractivity contribution >= 4 is 11.6 Å². The summed E-state index contributed by atoms with van der Waals surface area (Å²) in [5, 5.41) is 0. The molecule has 4 aliphatic rings. The van der Waals surface area contributed by atoms with E-state index < -0.39 is 10.8 Å². The molecule has 25 heavy (non-hydrogen) atoms. The van der Waals surface area contributed by atoms with Crippen LogP contribution in [0.3, 0.4) is 0 Å². The first kappa shape index (κ1) is 17.7. The van der Waals surface area contributed by atoms with E-state index >= 15 is 0 Å². The van der Waals surface area contributed by atoms with Crippen LogP contribution in [0.2, 0.25) is 0 Å². The average molecular weight is 347 g/mol. The standard InChI is InChI=1S/C22H34O3/c1-2-25-17-11-9-16(10-12-17)18-8-4-7-15-22(18)19(23)21(20(22)24)13-5-3-6-14-21/h16-18H,2-15H2,1H3. The zero-order valence-electron chi connectivity index (χ0n) is 15.9. The number of ketones is 2. The Morgan fingerprint density at radius 2 is 1.48 bits per heavy atom. The quantitative estimate of drug-likeness (QED) is 0.685. The van der Waals surface area contributed by atoms with Crippen molar-refractivity contribution in [1.29, 1.82) is 0 Å². The molecular formula is C22H34O3. The fourth-order valence-corrected chi connectivity index (χ4v) is 6.90. The van der Waals surface area contributed by atoms with Crippen molar-refractivity contribution in [2.45, 2.75) is 96.5 Å². The molecule has 0 saturated heterocycles. The lowest BCUT2D eigenvalue weighted by Crippen LogP contribution is -2.71. The number of hydrogen-bond donors (Lipinski definition) is 0. The van der Waals surface area contributed by atoms with Crippen molar-refractivity contribution in [3.63, 3.8) is 0 Å². The predicted molar refractivity (Wildman–Crippen MR) is 97.3 cm³/mol. The fourth-order valence-electron chi connectivity index (χ4n) is 6.90. The number of hydrogen-bond acceptors (Lipinski definition) is 3. The SMILES string of the molecule is CCOC1CCC(C2CCCCC23C(=O)C2(CCCCC2)C3=O)CC1. The second-order valence-corrected chi connectivity index (χ2v) is 9.12. The molecule has 0 radical (unpaired) electrons. The zero-order chi connectivity index (χ0) is 17.5. The average Bonchev–Trinajstić information content (AvgIpc) is 2.68. The summed E-state index contributed by atoms with van der Waals surface area (Å²) in [7, 11) is 0. The van der Waals surface area contributed by atoms with Crippen LogP contribution in [0.15, 0.2) is 0 Å². The molecule has 0 N–H and O–H groups in total. The maximum Gasteiger partial charge on any atom is 0.160 e. The third-order valence-corrected chi connectivity index (χ3v) is 8.05. The van der Waals surface area contributed by atoms with Crippen molar-refractivity contribution in [3.05, 3.63) is 0 Å². The van der Waals surface area contributed by atoms with E-state index in [1.807, 2.05) is 0 Å². The van der Waals surface area contributed by atoms with E-state index in [1.165, 1.54) is 12.8 Å². The highest BCUT2D eigenvalue weighted by Crippen LogP contribution is 2.64. The van der Waals surface area contributed by atoms with Crippen LogP contribution in [-0.2, 0) is 14.3 Å². The monoisotopic (exact) mass is 346 g/mol. The van der Waals surface area contributed by atoms with Gasteiger partial charge in [-0.05, 0) is 70.1 Å². The van der Waals surface area contributed by atoms with E-state index in [0.717, 1.165) is 77.2 Å². The van der Waals surface area contributed by atoms with E-state index in [1.54, 1.807) is 0 Å². The molecule has 4 rings (SSSR count). The highest BCUT2D eigenvalue weighted by Gasteiger charge is 2.73. The van der Waals surface area contributed by atoms with Gasteiger partial charge in [-0.1, -0.05) is 32.1 Å². The molecule has 3 nitrogen and oxygen atoms in total. The number of ether oxygens (including phenoxy) is 1. The normalized spacial score (nSPS) is 37.2. The van der Waals surface area contributed by atoms with Gasteiger partial charge in [0, 0.05) is 6.61 Å². The number of Topliss-reactive ketones (excluding diaryl/α,β-unsaturated/α-hetero) is 2. The molecule has 0 aliphatic heterocycles. The Morgan fingerprint density at radius 1 is 0.840 bits per heavy atom. The van der Waals surface area contributed by atoms with Crippen molar-refractivity contribution in [1.82, 2.24) is 0 Å². The molecule has 0 aromatic carbocycles. The molecule has 1 atom stereocenters. The highest BCUT2D eigenvalue weighted by atomic mass is 16.5. The molecule has 4 fully saturated rings. The van der Waals surface area contributed by atoms with Crippen molar-refractivity contribution in [2.24, 2.45) is 22.7 Å². The first-order chi connectivity index (χ1) is 12.1. The maximum absolute atomic E-state index is 13.5. The van der Waals surface area contributed by atoms with Crippen LogP contribution in [0, 0.1) is 22.7 Å². The predicted octanol–water partition coefficient (Wildman–Crippen LogP) is 4.86. The van der Waals surface area contributed by atoms with Crippen LogP contribution in [0.5, 0.6) is 0 Å². The summed E-state index contributed by atoms with van der Waals surface area (Å²) in [5.74, 6) is 1.64. The molecule has 4 saturated carbocycles. The lowest BCUT2D eigenvalue weighted by molar-refractivity contribution is -0.185. The maximum atomic E-state index is 13.5. The van der Waals surface area contributed by atoms with E-state index in [9.17, 15) is 9.59 Å². The number of rotatable bonds is 3. The molecule has 140 valence electrons. The van der Waals surface area contributed by atoms with Crippen molar-refractivity contribution < 1.29 is 14.3 Å². The third kappa shape index (κ3) is 2.56. The van der Waals surface area contributed by atoms with Gasteiger partial charge >= 0.3 is 0 Å². The number of carbonyl (C=O) groups is 2. The minimum absolute atomic E-state index is 0.330. The van der Waals surface area contributed by atoms with Gasteiger partial charge < -0.3 is 4.74 Å². The lowest BCUT2D eigenvalue weighted by Gasteiger charge is -2.60. The third-order valence-electron chi connectivity index (χ3n) is 8.05. The van der Waals surface area contributed by atoms with Gasteiger partial charge in [0.1, 0.15) is 0 Å². The number of carbonyl (C=O) groups excluding carboxylic acids is 2. The van der Waals surface area contributed by atoms with Crippen LogP contribution in [0.1, 0.15) is 90.4 Å². The van der Waals surface area contributed by atoms with Crippen LogP contribution in [-0.4, -0.2) is 24.3 Å². The Bertz CT molecular complexity index is 505. The van der Waals surface area contributed by atoms with Crippen LogP contribution in [0.25, 0.3) is 0 Å². The van der Waals surface area contributed by atoms with Gasteiger partial charge in [-0.25, -0.2) is 0 Å². The van der Waals surface area contributed by atoms with Gasteiger partial charge in [-0.2, -0.15) is 0 Å². The second kappa shape index (κ2) is 6.79. The van der Waals surface area contributed by atoms with Crippen LogP contribution >= 0.6 is 0 Å². The molecule has 0 aromatic rings. The molecule has 3 heteroatoms. The Hall–Kier alpha value is -0.700. The lowest BCUT2D eigenvalue weighted by atomic mass is 9.39. The fraction of sp³-hybridized carbons (Fsp3) is 0.909. The van der Waals surface area contributed by atoms with Gasteiger partial charge in [0.15, 0.2) is 11.6 Å². The minimum Gasteiger partial charge on any atom is -0.379 e. The Kier molecular flexibility index (Phi) is 4.81. The summed E-state index contributed by atoms with van der Waals surface area (Å²) in [4.78, 5) is 27.0. The van der Waals surface area contributed by atoms with E-state index in [-0.39, 0.29) is 0 Å². The molecule has 0 aromatic heterocycles. The minimum atomic E-state index is -0.571. The largest absolute Gasteiger partial charge is 0.379 e. The molecule has 0 bridgehead atoms. The van der Waals surface area contributed by atoms with Crippen molar-refractivity contribution in [2.75, 3.05) is 6.61 Å². The second-order valence-electron chi connectivity index (χ2n) is 9.12. The van der Waals surface area contributed by atoms with Gasteiger partial charge in [0.05, 0.1) is 16.9 Å². The molecular weight excluding hydrogens is 312 g/mol. The molecule has 0 amide bonds. The van der Waals surface area contributed by atoms with Crippen molar-refractivity contribution in [3.8, 4) is 0 Å². The highest BCUT2D eigenvalue weighted by molar-refractivity contribution is 6.31.